The number of hydrogen-bond donors (Lipinski definition) is 2. The van der Waals surface area contributed by atoms with Gasteiger partial charge in [-0.2, -0.15) is 4.39 Å². The molecule has 2 aromatic heterocycles. The van der Waals surface area contributed by atoms with Gasteiger partial charge >= 0.3 is 0 Å². The molecule has 2 saturated heterocycles. The fraction of sp³-hybridized carbons (Fsp3) is 0.417. The van der Waals surface area contributed by atoms with Crippen LogP contribution in [0.15, 0.2) is 41.6 Å². The smallest absolute Gasteiger partial charge is 0.214 e. The number of halogens is 1. The Bertz CT molecular complexity index is 1130. The number of piperidine rings is 2. The number of hydrogen-bond acceptors (Lipinski definition) is 8. The van der Waals surface area contributed by atoms with Crippen molar-refractivity contribution in [1.82, 2.24) is 25.5 Å². The van der Waals surface area contributed by atoms with E-state index >= 15 is 0 Å². The molecule has 7 nitrogen and oxygen atoms in total. The Morgan fingerprint density at radius 3 is 2.55 bits per heavy atom. The monoisotopic (exact) mass is 466 g/mol. The number of thioether (sulfide) groups is 1. The first-order chi connectivity index (χ1) is 16.0. The molecule has 4 heterocycles. The summed E-state index contributed by atoms with van der Waals surface area (Å²) < 4.78 is 13.8. The lowest BCUT2D eigenvalue weighted by Crippen LogP contribution is -2.54. The van der Waals surface area contributed by atoms with E-state index in [1.54, 1.807) is 24.4 Å². The van der Waals surface area contributed by atoms with Crippen LogP contribution in [-0.4, -0.2) is 56.7 Å². The lowest BCUT2D eigenvalue weighted by Gasteiger charge is -2.43. The van der Waals surface area contributed by atoms with E-state index in [-0.39, 0.29) is 5.75 Å². The third kappa shape index (κ3) is 4.65. The van der Waals surface area contributed by atoms with Gasteiger partial charge in [-0.25, -0.2) is 9.97 Å². The summed E-state index contributed by atoms with van der Waals surface area (Å²) in [6.45, 7) is 0. The van der Waals surface area contributed by atoms with Crippen LogP contribution in [0.2, 0.25) is 0 Å². The molecule has 2 N–H and O–H groups in total. The molecule has 172 valence electrons. The number of rotatable bonds is 5. The molecule has 5 rings (SSSR count). The van der Waals surface area contributed by atoms with Crippen LogP contribution in [0.1, 0.15) is 32.1 Å². The first-order valence-electron chi connectivity index (χ1n) is 11.2. The summed E-state index contributed by atoms with van der Waals surface area (Å²) >= 11 is 1.37. The van der Waals surface area contributed by atoms with Gasteiger partial charge in [0.15, 0.2) is 11.6 Å². The number of nitrogens with one attached hydrogen (secondary N) is 1. The molecule has 3 atom stereocenters. The van der Waals surface area contributed by atoms with Crippen molar-refractivity contribution in [1.29, 1.82) is 0 Å². The average molecular weight is 467 g/mol. The zero-order valence-corrected chi connectivity index (χ0v) is 19.5. The van der Waals surface area contributed by atoms with Gasteiger partial charge in [0, 0.05) is 31.2 Å². The van der Waals surface area contributed by atoms with Crippen LogP contribution in [-0.2, 0) is 0 Å². The first kappa shape index (κ1) is 22.0. The molecule has 2 bridgehead atoms. The van der Waals surface area contributed by atoms with E-state index in [0.717, 1.165) is 18.7 Å². The van der Waals surface area contributed by atoms with Crippen molar-refractivity contribution in [3.8, 4) is 28.3 Å². The molecule has 0 aliphatic carbocycles. The SMILES string of the molecule is CSc1cc(-c2ccc(-c3ncc(N(C)[C@@H]4C[C@H]5CCC[C@@H](C4)N5)nn3)c(O)c2)cc(F)n1. The molecule has 33 heavy (non-hydrogen) atoms. The molecule has 0 amide bonds. The van der Waals surface area contributed by atoms with Crippen molar-refractivity contribution < 1.29 is 9.50 Å². The second-order valence-corrected chi connectivity index (χ2v) is 9.65. The van der Waals surface area contributed by atoms with Gasteiger partial charge in [-0.05, 0) is 61.3 Å². The van der Waals surface area contributed by atoms with Crippen LogP contribution in [0.25, 0.3) is 22.5 Å². The van der Waals surface area contributed by atoms with Gasteiger partial charge < -0.3 is 15.3 Å². The standard InChI is InChI=1S/C24H27FN6OS/c1-31(18-11-16-4-3-5-17(12-18)27-16)22-13-26-24(30-29-22)19-7-6-14(8-20(19)32)15-9-21(25)28-23(10-15)33-2/h6-10,13,16-18,27,32H,3-5,11-12H2,1-2H3/t16-,17+,18-. The predicted molar refractivity (Wildman–Crippen MR) is 128 cm³/mol. The number of nitrogens with zero attached hydrogens (tertiary/aromatic N) is 5. The molecular weight excluding hydrogens is 439 g/mol. The summed E-state index contributed by atoms with van der Waals surface area (Å²) in [4.78, 5) is 10.5. The third-order valence-electron chi connectivity index (χ3n) is 6.70. The molecule has 9 heteroatoms. The predicted octanol–water partition coefficient (Wildman–Crippen LogP) is 4.28. The number of pyridine rings is 1. The van der Waals surface area contributed by atoms with Gasteiger partial charge in [-0.15, -0.1) is 22.0 Å². The largest absolute Gasteiger partial charge is 0.507 e. The molecule has 0 unspecified atom stereocenters. The van der Waals surface area contributed by atoms with E-state index < -0.39 is 5.95 Å². The fourth-order valence-electron chi connectivity index (χ4n) is 4.94. The highest BCUT2D eigenvalue weighted by molar-refractivity contribution is 7.98. The van der Waals surface area contributed by atoms with Crippen molar-refractivity contribution in [2.45, 2.75) is 55.3 Å². The van der Waals surface area contributed by atoms with Gasteiger partial charge in [0.1, 0.15) is 5.75 Å². The summed E-state index contributed by atoms with van der Waals surface area (Å²) in [5.74, 6) is 0.551. The fourth-order valence-corrected chi connectivity index (χ4v) is 5.36. The van der Waals surface area contributed by atoms with Crippen molar-refractivity contribution in [2.75, 3.05) is 18.2 Å². The van der Waals surface area contributed by atoms with Crippen molar-refractivity contribution in [2.24, 2.45) is 0 Å². The zero-order chi connectivity index (χ0) is 22.9. The van der Waals surface area contributed by atoms with Crippen LogP contribution >= 0.6 is 11.8 Å². The zero-order valence-electron chi connectivity index (χ0n) is 18.7. The number of phenols is 1. The second-order valence-electron chi connectivity index (χ2n) is 8.82. The van der Waals surface area contributed by atoms with E-state index in [1.807, 2.05) is 12.3 Å². The molecule has 3 aromatic rings. The maximum Gasteiger partial charge on any atom is 0.214 e. The van der Waals surface area contributed by atoms with Gasteiger partial charge in [0.05, 0.1) is 16.8 Å². The quantitative estimate of drug-likeness (QED) is 0.426. The van der Waals surface area contributed by atoms with E-state index in [2.05, 4.69) is 37.4 Å². The van der Waals surface area contributed by atoms with Crippen LogP contribution < -0.4 is 10.2 Å². The topological polar surface area (TPSA) is 87.1 Å². The normalized spacial score (nSPS) is 22.2. The average Bonchev–Trinajstić information content (AvgIpc) is 2.83. The Kier molecular flexibility index (Phi) is 6.16. The maximum atomic E-state index is 13.8. The van der Waals surface area contributed by atoms with Crippen molar-refractivity contribution in [3.05, 3.63) is 42.5 Å². The van der Waals surface area contributed by atoms with E-state index in [1.165, 1.54) is 37.1 Å². The lowest BCUT2D eigenvalue weighted by atomic mass is 9.83. The number of anilines is 1. The number of aromatic nitrogens is 4. The van der Waals surface area contributed by atoms with Gasteiger partial charge in [-0.3, -0.25) is 0 Å². The number of fused-ring (bicyclic) bond motifs is 2. The number of aromatic hydroxyl groups is 1. The van der Waals surface area contributed by atoms with Crippen LogP contribution in [0.3, 0.4) is 0 Å². The highest BCUT2D eigenvalue weighted by atomic mass is 32.2. The molecule has 2 fully saturated rings. The Morgan fingerprint density at radius 1 is 1.09 bits per heavy atom. The Morgan fingerprint density at radius 2 is 1.88 bits per heavy atom. The highest BCUT2D eigenvalue weighted by Gasteiger charge is 2.33. The minimum absolute atomic E-state index is 0.0181. The van der Waals surface area contributed by atoms with E-state index in [0.29, 0.717) is 45.7 Å². The van der Waals surface area contributed by atoms with Crippen molar-refractivity contribution >= 4 is 17.6 Å². The first-order valence-corrected chi connectivity index (χ1v) is 12.5. The summed E-state index contributed by atoms with van der Waals surface area (Å²) in [5.41, 5.74) is 1.82. The third-order valence-corrected chi connectivity index (χ3v) is 7.33. The molecule has 0 spiro atoms. The number of phenolic OH excluding ortho intramolecular Hbond substituents is 1. The van der Waals surface area contributed by atoms with Gasteiger partial charge in [0.25, 0.3) is 0 Å². The number of benzene rings is 1. The summed E-state index contributed by atoms with van der Waals surface area (Å²) in [7, 11) is 2.06. The Hall–Kier alpha value is -2.78. The lowest BCUT2D eigenvalue weighted by molar-refractivity contribution is 0.219. The van der Waals surface area contributed by atoms with Crippen molar-refractivity contribution in [3.63, 3.8) is 0 Å². The molecule has 1 aromatic carbocycles. The van der Waals surface area contributed by atoms with Crippen LogP contribution in [0.5, 0.6) is 5.75 Å². The minimum atomic E-state index is -0.551. The summed E-state index contributed by atoms with van der Waals surface area (Å²) in [6.07, 6.45) is 9.56. The van der Waals surface area contributed by atoms with Crippen LogP contribution in [0, 0.1) is 5.95 Å². The Balaban J connectivity index is 1.34. The molecule has 0 saturated carbocycles. The van der Waals surface area contributed by atoms with E-state index in [9.17, 15) is 9.50 Å². The minimum Gasteiger partial charge on any atom is -0.507 e. The molecule has 2 aliphatic heterocycles. The van der Waals surface area contributed by atoms with Gasteiger partial charge in [-0.1, -0.05) is 12.5 Å². The summed E-state index contributed by atoms with van der Waals surface area (Å²) in [5, 5.41) is 23.6. The van der Waals surface area contributed by atoms with Gasteiger partial charge in [0.2, 0.25) is 5.95 Å². The second kappa shape index (κ2) is 9.23. The van der Waals surface area contributed by atoms with E-state index in [4.69, 9.17) is 0 Å². The highest BCUT2D eigenvalue weighted by Crippen LogP contribution is 2.33. The molecular formula is C24H27FN6OS. The molecule has 2 aliphatic rings. The van der Waals surface area contributed by atoms with Crippen LogP contribution in [0.4, 0.5) is 10.2 Å². The summed E-state index contributed by atoms with van der Waals surface area (Å²) in [6, 6.07) is 9.87. The molecule has 0 radical (unpaired) electrons. The maximum absolute atomic E-state index is 13.8. The Labute approximate surface area is 196 Å².